The van der Waals surface area contributed by atoms with Gasteiger partial charge >= 0.3 is 18.2 Å². The average Bonchev–Trinajstić information content (AvgIpc) is 3.10. The van der Waals surface area contributed by atoms with E-state index in [1.807, 2.05) is 6.07 Å². The Morgan fingerprint density at radius 1 is 0.971 bits per heavy atom. The van der Waals surface area contributed by atoms with Gasteiger partial charge in [-0.25, -0.2) is 14.4 Å². The van der Waals surface area contributed by atoms with Crippen LogP contribution in [0.1, 0.15) is 39.2 Å². The summed E-state index contributed by atoms with van der Waals surface area (Å²) in [5, 5.41) is 7.10. The second kappa shape index (κ2) is 12.3. The molecule has 0 spiro atoms. The Morgan fingerprint density at radius 3 is 2.20 bits per heavy atom. The molecule has 13 heteroatoms. The van der Waals surface area contributed by atoms with E-state index in [2.05, 4.69) is 16.0 Å². The minimum atomic E-state index is -1.50. The molecule has 13 nitrogen and oxygen atoms in total. The van der Waals surface area contributed by atoms with Crippen molar-refractivity contribution in [2.75, 3.05) is 13.1 Å². The highest BCUT2D eigenvalue weighted by molar-refractivity contribution is 6.02. The lowest BCUT2D eigenvalue weighted by Gasteiger charge is -2.23. The lowest BCUT2D eigenvalue weighted by Crippen LogP contribution is -2.53. The number of nitrogens with one attached hydrogen (secondary N) is 3. The molecular formula is C22H28N4O9. The lowest BCUT2D eigenvalue weighted by molar-refractivity contribution is -0.199. The van der Waals surface area contributed by atoms with Gasteiger partial charge in [0.05, 0.1) is 6.54 Å². The van der Waals surface area contributed by atoms with E-state index < -0.39 is 60.6 Å². The summed E-state index contributed by atoms with van der Waals surface area (Å²) in [5.74, 6) is -3.42. The summed E-state index contributed by atoms with van der Waals surface area (Å²) in [6.07, 6.45) is -1.98. The van der Waals surface area contributed by atoms with Gasteiger partial charge in [-0.1, -0.05) is 30.3 Å². The Bertz CT molecular complexity index is 943. The molecule has 0 aliphatic carbocycles. The van der Waals surface area contributed by atoms with Crippen LogP contribution in [-0.4, -0.2) is 65.7 Å². The number of carbonyl (C=O) groups excluding carboxylic acids is 6. The van der Waals surface area contributed by atoms with Gasteiger partial charge in [0.2, 0.25) is 5.91 Å². The molecule has 0 radical (unpaired) electrons. The Morgan fingerprint density at radius 2 is 1.60 bits per heavy atom. The van der Waals surface area contributed by atoms with Gasteiger partial charge in [0.1, 0.15) is 24.8 Å². The van der Waals surface area contributed by atoms with Crippen molar-refractivity contribution in [2.24, 2.45) is 0 Å². The van der Waals surface area contributed by atoms with Gasteiger partial charge in [0.15, 0.2) is 0 Å². The SMILES string of the molecule is CC(C)(C)OC(=O)NC[C@@H](NC(=O)CNC(=O)OCc1ccccc1)C(=O)ON1C(=O)CCC1=O. The summed E-state index contributed by atoms with van der Waals surface area (Å²) in [6.45, 7) is 3.84. The molecule has 1 saturated heterocycles. The lowest BCUT2D eigenvalue weighted by atomic mass is 10.2. The highest BCUT2D eigenvalue weighted by atomic mass is 16.7. The van der Waals surface area contributed by atoms with E-state index in [9.17, 15) is 28.8 Å². The number of ether oxygens (including phenoxy) is 2. The number of hydroxylamine groups is 2. The maximum absolute atomic E-state index is 12.5. The normalized spacial score (nSPS) is 14.1. The number of hydrogen-bond acceptors (Lipinski definition) is 9. The maximum Gasteiger partial charge on any atom is 0.407 e. The smallest absolute Gasteiger partial charge is 0.407 e. The van der Waals surface area contributed by atoms with Gasteiger partial charge in [-0.05, 0) is 26.3 Å². The fraction of sp³-hybridized carbons (Fsp3) is 0.455. The van der Waals surface area contributed by atoms with E-state index in [-0.39, 0.29) is 19.4 Å². The fourth-order valence-corrected chi connectivity index (χ4v) is 2.68. The van der Waals surface area contributed by atoms with Crippen molar-refractivity contribution in [3.63, 3.8) is 0 Å². The van der Waals surface area contributed by atoms with Crippen molar-refractivity contribution < 1.29 is 43.1 Å². The van der Waals surface area contributed by atoms with Crippen LogP contribution in [0.2, 0.25) is 0 Å². The number of amides is 5. The van der Waals surface area contributed by atoms with Crippen LogP contribution in [0, 0.1) is 0 Å². The maximum atomic E-state index is 12.5. The van der Waals surface area contributed by atoms with Crippen molar-refractivity contribution in [1.82, 2.24) is 21.0 Å². The monoisotopic (exact) mass is 492 g/mol. The molecule has 0 unspecified atom stereocenters. The van der Waals surface area contributed by atoms with Gasteiger partial charge < -0.3 is 30.3 Å². The first-order valence-electron chi connectivity index (χ1n) is 10.7. The second-order valence-corrected chi connectivity index (χ2v) is 8.41. The Hall–Kier alpha value is -4.16. The van der Waals surface area contributed by atoms with Crippen LogP contribution in [0.5, 0.6) is 0 Å². The molecule has 1 aliphatic heterocycles. The summed E-state index contributed by atoms with van der Waals surface area (Å²) in [6, 6.07) is 7.37. The molecule has 190 valence electrons. The average molecular weight is 492 g/mol. The van der Waals surface area contributed by atoms with Crippen LogP contribution >= 0.6 is 0 Å². The van der Waals surface area contributed by atoms with Crippen molar-refractivity contribution in [3.05, 3.63) is 35.9 Å². The van der Waals surface area contributed by atoms with Crippen LogP contribution in [-0.2, 0) is 40.1 Å². The van der Waals surface area contributed by atoms with Crippen molar-refractivity contribution in [3.8, 4) is 0 Å². The van der Waals surface area contributed by atoms with E-state index in [1.165, 1.54) is 0 Å². The van der Waals surface area contributed by atoms with Crippen LogP contribution in [0.15, 0.2) is 30.3 Å². The first kappa shape index (κ1) is 27.1. The molecule has 0 aromatic heterocycles. The molecule has 1 aromatic rings. The van der Waals surface area contributed by atoms with Crippen molar-refractivity contribution in [2.45, 2.75) is 51.9 Å². The zero-order valence-electron chi connectivity index (χ0n) is 19.6. The topological polar surface area (TPSA) is 169 Å². The zero-order valence-corrected chi connectivity index (χ0v) is 19.6. The quantitative estimate of drug-likeness (QED) is 0.416. The van der Waals surface area contributed by atoms with Crippen LogP contribution in [0.25, 0.3) is 0 Å². The molecule has 1 atom stereocenters. The number of nitrogens with zero attached hydrogens (tertiary/aromatic N) is 1. The van der Waals surface area contributed by atoms with Gasteiger partial charge in [-0.15, -0.1) is 5.06 Å². The number of imide groups is 1. The third kappa shape index (κ3) is 9.70. The Balaban J connectivity index is 1.91. The number of hydrogen-bond donors (Lipinski definition) is 3. The number of rotatable bonds is 9. The standard InChI is InChI=1S/C22H28N4O9/c1-22(2,3)34-21(32)23-11-15(19(30)35-26-17(28)9-10-18(26)29)25-16(27)12-24-20(31)33-13-14-7-5-4-6-8-14/h4-8,15H,9-13H2,1-3H3,(H,23,32)(H,24,31)(H,25,27)/t15-/m1/s1. The van der Waals surface area contributed by atoms with Crippen LogP contribution in [0.3, 0.4) is 0 Å². The van der Waals surface area contributed by atoms with E-state index in [0.717, 1.165) is 5.56 Å². The van der Waals surface area contributed by atoms with Crippen LogP contribution in [0.4, 0.5) is 9.59 Å². The Labute approximate surface area is 201 Å². The predicted molar refractivity (Wildman–Crippen MR) is 118 cm³/mol. The molecular weight excluding hydrogens is 464 g/mol. The summed E-state index contributed by atoms with van der Waals surface area (Å²) < 4.78 is 10.1. The second-order valence-electron chi connectivity index (χ2n) is 8.41. The van der Waals surface area contributed by atoms with Gasteiger partial charge in [-0.3, -0.25) is 14.4 Å². The summed E-state index contributed by atoms with van der Waals surface area (Å²) in [4.78, 5) is 76.9. The number of alkyl carbamates (subject to hydrolysis) is 2. The fourth-order valence-electron chi connectivity index (χ4n) is 2.68. The molecule has 0 bridgehead atoms. The van der Waals surface area contributed by atoms with E-state index in [1.54, 1.807) is 45.0 Å². The third-order valence-electron chi connectivity index (χ3n) is 4.26. The van der Waals surface area contributed by atoms with Crippen molar-refractivity contribution >= 4 is 35.9 Å². The Kier molecular flexibility index (Phi) is 9.55. The molecule has 1 fully saturated rings. The van der Waals surface area contributed by atoms with Gasteiger partial charge in [0, 0.05) is 12.8 Å². The minimum absolute atomic E-state index is 0.0130. The highest BCUT2D eigenvalue weighted by Gasteiger charge is 2.35. The zero-order chi connectivity index (χ0) is 26.0. The molecule has 35 heavy (non-hydrogen) atoms. The molecule has 2 rings (SSSR count). The summed E-state index contributed by atoms with van der Waals surface area (Å²) >= 11 is 0. The van der Waals surface area contributed by atoms with E-state index >= 15 is 0 Å². The largest absolute Gasteiger partial charge is 0.445 e. The third-order valence-corrected chi connectivity index (χ3v) is 4.26. The highest BCUT2D eigenvalue weighted by Crippen LogP contribution is 2.13. The molecule has 5 amide bonds. The summed E-state index contributed by atoms with van der Waals surface area (Å²) in [7, 11) is 0. The molecule has 1 aliphatic rings. The van der Waals surface area contributed by atoms with Gasteiger partial charge in [0.25, 0.3) is 11.8 Å². The van der Waals surface area contributed by atoms with E-state index in [4.69, 9.17) is 14.3 Å². The van der Waals surface area contributed by atoms with Crippen molar-refractivity contribution in [1.29, 1.82) is 0 Å². The summed E-state index contributed by atoms with van der Waals surface area (Å²) in [5.41, 5.74) is -0.0731. The van der Waals surface area contributed by atoms with Crippen LogP contribution < -0.4 is 16.0 Å². The predicted octanol–water partition coefficient (Wildman–Crippen LogP) is 0.530. The van der Waals surface area contributed by atoms with Gasteiger partial charge in [-0.2, -0.15) is 0 Å². The first-order valence-corrected chi connectivity index (χ1v) is 10.7. The molecule has 1 heterocycles. The minimum Gasteiger partial charge on any atom is -0.445 e. The number of benzene rings is 1. The number of carbonyl (C=O) groups is 6. The first-order chi connectivity index (χ1) is 16.4. The molecule has 0 saturated carbocycles. The molecule has 3 N–H and O–H groups in total. The van der Waals surface area contributed by atoms with E-state index in [0.29, 0.717) is 5.06 Å². The molecule has 1 aromatic carbocycles.